The quantitative estimate of drug-likeness (QED) is 0.604. The third kappa shape index (κ3) is 2.42. The molecule has 1 saturated carbocycles. The molecule has 1 aromatic rings. The monoisotopic (exact) mass is 272 g/mol. The standard InChI is InChI=1S/C15H16N2O3/c1-10-3-4-11(8-17-10)15(9-16)6-5-13(18)12(7-15)14(19)20-2/h3-4,8,12H,5-7H2,1-2H3. The summed E-state index contributed by atoms with van der Waals surface area (Å²) in [5.41, 5.74) is 0.776. The predicted molar refractivity (Wildman–Crippen MR) is 70.6 cm³/mol. The number of carbonyl (C=O) groups excluding carboxylic acids is 2. The van der Waals surface area contributed by atoms with Gasteiger partial charge < -0.3 is 4.74 Å². The molecule has 20 heavy (non-hydrogen) atoms. The van der Waals surface area contributed by atoms with Crippen LogP contribution < -0.4 is 0 Å². The second kappa shape index (κ2) is 5.41. The Balaban J connectivity index is 2.36. The fraction of sp³-hybridized carbons (Fsp3) is 0.467. The molecule has 104 valence electrons. The minimum atomic E-state index is -0.852. The summed E-state index contributed by atoms with van der Waals surface area (Å²) in [5, 5.41) is 9.58. The lowest BCUT2D eigenvalue weighted by Gasteiger charge is -2.33. The van der Waals surface area contributed by atoms with Crippen molar-refractivity contribution in [2.45, 2.75) is 31.6 Å². The number of ether oxygens (including phenoxy) is 1. The van der Waals surface area contributed by atoms with E-state index in [4.69, 9.17) is 0 Å². The summed E-state index contributed by atoms with van der Waals surface area (Å²) in [5.74, 6) is -1.56. The minimum Gasteiger partial charge on any atom is -0.468 e. The maximum absolute atomic E-state index is 11.9. The number of ketones is 1. The van der Waals surface area contributed by atoms with E-state index in [0.717, 1.165) is 11.3 Å². The highest BCUT2D eigenvalue weighted by Crippen LogP contribution is 2.40. The summed E-state index contributed by atoms with van der Waals surface area (Å²) in [7, 11) is 1.26. The molecule has 0 aromatic carbocycles. The first-order chi connectivity index (χ1) is 9.52. The number of carbonyl (C=O) groups is 2. The number of nitrogens with zero attached hydrogens (tertiary/aromatic N) is 2. The zero-order chi connectivity index (χ0) is 14.8. The van der Waals surface area contributed by atoms with Gasteiger partial charge in [-0.2, -0.15) is 5.26 Å². The lowest BCUT2D eigenvalue weighted by Crippen LogP contribution is -2.40. The number of methoxy groups -OCH3 is 1. The van der Waals surface area contributed by atoms with Crippen LogP contribution in [0.5, 0.6) is 0 Å². The first-order valence-electron chi connectivity index (χ1n) is 6.47. The van der Waals surface area contributed by atoms with Crippen molar-refractivity contribution in [3.05, 3.63) is 29.6 Å². The first kappa shape index (κ1) is 14.2. The third-order valence-corrected chi connectivity index (χ3v) is 3.90. The van der Waals surface area contributed by atoms with Crippen LogP contribution in [-0.2, 0) is 19.7 Å². The van der Waals surface area contributed by atoms with Crippen LogP contribution in [0.15, 0.2) is 18.3 Å². The lowest BCUT2D eigenvalue weighted by molar-refractivity contribution is -0.151. The van der Waals surface area contributed by atoms with E-state index < -0.39 is 17.3 Å². The fourth-order valence-corrected chi connectivity index (χ4v) is 2.61. The normalized spacial score (nSPS) is 25.9. The van der Waals surface area contributed by atoms with Gasteiger partial charge in [-0.05, 0) is 31.4 Å². The van der Waals surface area contributed by atoms with E-state index in [1.54, 1.807) is 6.20 Å². The van der Waals surface area contributed by atoms with Crippen LogP contribution in [0.25, 0.3) is 0 Å². The lowest BCUT2D eigenvalue weighted by atomic mass is 9.66. The summed E-state index contributed by atoms with van der Waals surface area (Å²) in [6.45, 7) is 1.87. The van der Waals surface area contributed by atoms with Crippen molar-refractivity contribution in [1.82, 2.24) is 4.98 Å². The van der Waals surface area contributed by atoms with Gasteiger partial charge in [0.25, 0.3) is 0 Å². The largest absolute Gasteiger partial charge is 0.468 e. The molecule has 2 unspecified atom stereocenters. The number of rotatable bonds is 2. The van der Waals surface area contributed by atoms with Gasteiger partial charge in [-0.15, -0.1) is 0 Å². The van der Waals surface area contributed by atoms with Crippen molar-refractivity contribution >= 4 is 11.8 Å². The maximum atomic E-state index is 11.9. The maximum Gasteiger partial charge on any atom is 0.316 e. The van der Waals surface area contributed by atoms with Crippen molar-refractivity contribution in [1.29, 1.82) is 5.26 Å². The molecule has 0 bridgehead atoms. The molecule has 0 spiro atoms. The van der Waals surface area contributed by atoms with Gasteiger partial charge in [0.05, 0.1) is 18.6 Å². The zero-order valence-corrected chi connectivity index (χ0v) is 11.5. The predicted octanol–water partition coefficient (Wildman–Crippen LogP) is 1.69. The molecule has 0 N–H and O–H groups in total. The highest BCUT2D eigenvalue weighted by atomic mass is 16.5. The molecule has 1 aliphatic rings. The number of esters is 1. The fourth-order valence-electron chi connectivity index (χ4n) is 2.61. The van der Waals surface area contributed by atoms with Crippen LogP contribution >= 0.6 is 0 Å². The van der Waals surface area contributed by atoms with Gasteiger partial charge in [0.2, 0.25) is 0 Å². The van der Waals surface area contributed by atoms with E-state index in [1.807, 2.05) is 19.1 Å². The molecule has 0 aliphatic heterocycles. The summed E-state index contributed by atoms with van der Waals surface area (Å²) < 4.78 is 4.67. The summed E-state index contributed by atoms with van der Waals surface area (Å²) in [6.07, 6.45) is 2.45. The Bertz CT molecular complexity index is 566. The number of aryl methyl sites for hydroxylation is 1. The molecule has 5 heteroatoms. The molecule has 0 radical (unpaired) electrons. The van der Waals surface area contributed by atoms with E-state index >= 15 is 0 Å². The molecule has 5 nitrogen and oxygen atoms in total. The van der Waals surface area contributed by atoms with E-state index in [2.05, 4.69) is 15.8 Å². The molecule has 1 heterocycles. The molecule has 1 aliphatic carbocycles. The van der Waals surface area contributed by atoms with Crippen LogP contribution in [0, 0.1) is 24.2 Å². The molecular formula is C15H16N2O3. The van der Waals surface area contributed by atoms with Crippen LogP contribution in [0.2, 0.25) is 0 Å². The molecule has 1 aromatic heterocycles. The van der Waals surface area contributed by atoms with Crippen molar-refractivity contribution < 1.29 is 14.3 Å². The van der Waals surface area contributed by atoms with Gasteiger partial charge >= 0.3 is 5.97 Å². The van der Waals surface area contributed by atoms with Crippen molar-refractivity contribution in [2.75, 3.05) is 7.11 Å². The average Bonchev–Trinajstić information content (AvgIpc) is 2.48. The Labute approximate surface area is 117 Å². The molecule has 0 saturated heterocycles. The second-order valence-corrected chi connectivity index (χ2v) is 5.13. The Morgan fingerprint density at radius 1 is 1.55 bits per heavy atom. The highest BCUT2D eigenvalue weighted by Gasteiger charge is 2.45. The molecule has 0 amide bonds. The van der Waals surface area contributed by atoms with E-state index in [9.17, 15) is 14.9 Å². The van der Waals surface area contributed by atoms with E-state index in [1.165, 1.54) is 7.11 Å². The SMILES string of the molecule is COC(=O)C1CC(C#N)(c2ccc(C)nc2)CCC1=O. The summed E-state index contributed by atoms with van der Waals surface area (Å²) >= 11 is 0. The summed E-state index contributed by atoms with van der Waals surface area (Å²) in [6, 6.07) is 5.96. The van der Waals surface area contributed by atoms with Gasteiger partial charge in [0.15, 0.2) is 0 Å². The van der Waals surface area contributed by atoms with Crippen LogP contribution in [0.3, 0.4) is 0 Å². The van der Waals surface area contributed by atoms with Crippen molar-refractivity contribution in [3.8, 4) is 6.07 Å². The Kier molecular flexibility index (Phi) is 3.84. The number of Topliss-reactive ketones (excluding diaryl/α,β-unsaturated/α-hetero) is 1. The van der Waals surface area contributed by atoms with Gasteiger partial charge in [-0.1, -0.05) is 6.07 Å². The van der Waals surface area contributed by atoms with E-state index in [0.29, 0.717) is 6.42 Å². The molecule has 2 rings (SSSR count). The van der Waals surface area contributed by atoms with Gasteiger partial charge in [0.1, 0.15) is 11.7 Å². The zero-order valence-electron chi connectivity index (χ0n) is 11.5. The van der Waals surface area contributed by atoms with Crippen LogP contribution in [0.4, 0.5) is 0 Å². The molecular weight excluding hydrogens is 256 g/mol. The smallest absolute Gasteiger partial charge is 0.316 e. The Hall–Kier alpha value is -2.22. The van der Waals surface area contributed by atoms with Gasteiger partial charge in [0, 0.05) is 18.3 Å². The Morgan fingerprint density at radius 3 is 2.85 bits per heavy atom. The number of nitriles is 1. The number of hydrogen-bond donors (Lipinski definition) is 0. The first-order valence-corrected chi connectivity index (χ1v) is 6.47. The van der Waals surface area contributed by atoms with Gasteiger partial charge in [-0.25, -0.2) is 0 Å². The average molecular weight is 272 g/mol. The third-order valence-electron chi connectivity index (χ3n) is 3.90. The van der Waals surface area contributed by atoms with Crippen LogP contribution in [0.1, 0.15) is 30.5 Å². The van der Waals surface area contributed by atoms with Crippen LogP contribution in [-0.4, -0.2) is 23.8 Å². The van der Waals surface area contributed by atoms with E-state index in [-0.39, 0.29) is 18.6 Å². The topological polar surface area (TPSA) is 80.1 Å². The van der Waals surface area contributed by atoms with Crippen molar-refractivity contribution in [2.24, 2.45) is 5.92 Å². The van der Waals surface area contributed by atoms with Crippen molar-refractivity contribution in [3.63, 3.8) is 0 Å². The number of pyridine rings is 1. The number of hydrogen-bond acceptors (Lipinski definition) is 5. The second-order valence-electron chi connectivity index (χ2n) is 5.13. The number of aromatic nitrogens is 1. The molecule has 2 atom stereocenters. The minimum absolute atomic E-state index is 0.150. The molecule has 1 fully saturated rings. The Morgan fingerprint density at radius 2 is 2.30 bits per heavy atom. The summed E-state index contributed by atoms with van der Waals surface area (Å²) in [4.78, 5) is 27.8. The van der Waals surface area contributed by atoms with Gasteiger partial charge in [-0.3, -0.25) is 14.6 Å². The highest BCUT2D eigenvalue weighted by molar-refractivity contribution is 6.00.